The number of nitrogens with two attached hydrogens (primary N) is 1. The predicted molar refractivity (Wildman–Crippen MR) is 73.8 cm³/mol. The Kier molecular flexibility index (Phi) is 4.16. The van der Waals surface area contributed by atoms with Crippen molar-refractivity contribution in [2.24, 2.45) is 5.73 Å². The molecule has 0 aliphatic carbocycles. The second-order valence-corrected chi connectivity index (χ2v) is 4.48. The Hall–Kier alpha value is -1.88. The highest BCUT2D eigenvalue weighted by molar-refractivity contribution is 5.29. The van der Waals surface area contributed by atoms with Crippen LogP contribution in [0.2, 0.25) is 0 Å². The molecule has 0 saturated carbocycles. The molecule has 5 heteroatoms. The third-order valence-electron chi connectivity index (χ3n) is 2.93. The summed E-state index contributed by atoms with van der Waals surface area (Å²) in [6.07, 6.45) is 0. The molecule has 0 saturated heterocycles. The highest BCUT2D eigenvalue weighted by Crippen LogP contribution is 2.18. The van der Waals surface area contributed by atoms with E-state index in [2.05, 4.69) is 17.0 Å². The Morgan fingerprint density at radius 3 is 2.74 bits per heavy atom. The first-order chi connectivity index (χ1) is 9.13. The molecule has 0 radical (unpaired) electrons. The van der Waals surface area contributed by atoms with Gasteiger partial charge in [-0.15, -0.1) is 0 Å². The maximum Gasteiger partial charge on any atom is 0.142 e. The van der Waals surface area contributed by atoms with Crippen LogP contribution in [-0.4, -0.2) is 14.8 Å². The van der Waals surface area contributed by atoms with E-state index in [1.54, 1.807) is 0 Å². The lowest BCUT2D eigenvalue weighted by atomic mass is 10.3. The van der Waals surface area contributed by atoms with Crippen molar-refractivity contribution in [3.8, 4) is 5.75 Å². The summed E-state index contributed by atoms with van der Waals surface area (Å²) < 4.78 is 7.77. The molecule has 102 valence electrons. The van der Waals surface area contributed by atoms with Crippen LogP contribution in [0.3, 0.4) is 0 Å². The summed E-state index contributed by atoms with van der Waals surface area (Å²) in [7, 11) is 0. The minimum absolute atomic E-state index is 0.378. The van der Waals surface area contributed by atoms with E-state index in [0.717, 1.165) is 35.1 Å². The van der Waals surface area contributed by atoms with Gasteiger partial charge in [-0.3, -0.25) is 9.67 Å². The summed E-state index contributed by atoms with van der Waals surface area (Å²) in [5, 5.41) is 4.39. The van der Waals surface area contributed by atoms with Gasteiger partial charge < -0.3 is 10.5 Å². The summed E-state index contributed by atoms with van der Waals surface area (Å²) in [4.78, 5) is 4.38. The van der Waals surface area contributed by atoms with Gasteiger partial charge in [-0.25, -0.2) is 0 Å². The fourth-order valence-corrected chi connectivity index (χ4v) is 2.02. The number of pyridine rings is 1. The second-order valence-electron chi connectivity index (χ2n) is 4.48. The van der Waals surface area contributed by atoms with Crippen molar-refractivity contribution in [3.05, 3.63) is 41.0 Å². The maximum absolute atomic E-state index is 5.82. The molecule has 0 aliphatic rings. The van der Waals surface area contributed by atoms with Gasteiger partial charge in [-0.2, -0.15) is 5.10 Å². The third kappa shape index (κ3) is 3.12. The minimum Gasteiger partial charge on any atom is -0.485 e. The van der Waals surface area contributed by atoms with E-state index in [1.807, 2.05) is 36.7 Å². The van der Waals surface area contributed by atoms with Gasteiger partial charge in [0.2, 0.25) is 0 Å². The number of aromatic nitrogens is 3. The van der Waals surface area contributed by atoms with Crippen molar-refractivity contribution in [1.29, 1.82) is 0 Å². The Bertz CT molecular complexity index is 563. The molecule has 2 N–H and O–H groups in total. The molecule has 2 rings (SSSR count). The number of ether oxygens (including phenoxy) is 1. The number of hydrogen-bond donors (Lipinski definition) is 1. The first-order valence-electron chi connectivity index (χ1n) is 6.46. The molecule has 2 aromatic heterocycles. The molecule has 0 atom stereocenters. The van der Waals surface area contributed by atoms with E-state index in [9.17, 15) is 0 Å². The highest BCUT2D eigenvalue weighted by atomic mass is 16.5. The summed E-state index contributed by atoms with van der Waals surface area (Å²) in [6.45, 7) is 7.68. The second kappa shape index (κ2) is 5.84. The van der Waals surface area contributed by atoms with Crippen LogP contribution >= 0.6 is 0 Å². The van der Waals surface area contributed by atoms with Gasteiger partial charge in [-0.05, 0) is 39.0 Å². The summed E-state index contributed by atoms with van der Waals surface area (Å²) in [5.74, 6) is 0.745. The fourth-order valence-electron chi connectivity index (χ4n) is 2.02. The Morgan fingerprint density at radius 2 is 2.05 bits per heavy atom. The first-order valence-corrected chi connectivity index (χ1v) is 6.46. The van der Waals surface area contributed by atoms with Crippen LogP contribution in [0, 0.1) is 13.8 Å². The Labute approximate surface area is 113 Å². The first kappa shape index (κ1) is 13.5. The summed E-state index contributed by atoms with van der Waals surface area (Å²) in [6, 6.07) is 5.88. The maximum atomic E-state index is 5.82. The Balaban J connectivity index is 2.14. The normalized spacial score (nSPS) is 10.7. The van der Waals surface area contributed by atoms with Gasteiger partial charge in [0.05, 0.1) is 17.1 Å². The smallest absolute Gasteiger partial charge is 0.142 e. The molecule has 0 fully saturated rings. The van der Waals surface area contributed by atoms with Crippen molar-refractivity contribution in [3.63, 3.8) is 0 Å². The van der Waals surface area contributed by atoms with Crippen molar-refractivity contribution in [1.82, 2.24) is 14.8 Å². The van der Waals surface area contributed by atoms with Gasteiger partial charge in [-0.1, -0.05) is 0 Å². The largest absolute Gasteiger partial charge is 0.485 e. The molecule has 0 bridgehead atoms. The molecule has 2 heterocycles. The van der Waals surface area contributed by atoms with E-state index in [0.29, 0.717) is 13.2 Å². The van der Waals surface area contributed by atoms with Crippen LogP contribution in [-0.2, 0) is 19.7 Å². The summed E-state index contributed by atoms with van der Waals surface area (Å²) >= 11 is 0. The quantitative estimate of drug-likeness (QED) is 0.892. The average Bonchev–Trinajstić information content (AvgIpc) is 2.77. The van der Waals surface area contributed by atoms with Crippen molar-refractivity contribution < 1.29 is 4.74 Å². The van der Waals surface area contributed by atoms with Crippen LogP contribution in [0.1, 0.15) is 29.7 Å². The zero-order valence-electron chi connectivity index (χ0n) is 11.7. The fraction of sp³-hybridized carbons (Fsp3) is 0.429. The van der Waals surface area contributed by atoms with Crippen LogP contribution < -0.4 is 10.5 Å². The molecule has 0 aliphatic heterocycles. The number of aryl methyl sites for hydroxylation is 3. The zero-order valence-corrected chi connectivity index (χ0v) is 11.7. The lowest BCUT2D eigenvalue weighted by Gasteiger charge is -2.11. The number of hydrogen-bond acceptors (Lipinski definition) is 4. The molecular formula is C14H20N4O. The topological polar surface area (TPSA) is 66.0 Å². The van der Waals surface area contributed by atoms with E-state index in [4.69, 9.17) is 10.5 Å². The molecular weight excluding hydrogens is 240 g/mol. The Morgan fingerprint density at radius 1 is 1.26 bits per heavy atom. The van der Waals surface area contributed by atoms with Crippen LogP contribution in [0.25, 0.3) is 0 Å². The van der Waals surface area contributed by atoms with Gasteiger partial charge in [0, 0.05) is 18.8 Å². The van der Waals surface area contributed by atoms with Crippen molar-refractivity contribution in [2.45, 2.75) is 40.5 Å². The van der Waals surface area contributed by atoms with Crippen LogP contribution in [0.4, 0.5) is 0 Å². The van der Waals surface area contributed by atoms with E-state index < -0.39 is 0 Å². The standard InChI is InChI=1S/C14H20N4O/c1-4-18-12(7-11(3)17-18)9-19-14-6-5-10(2)16-13(14)8-15/h5-7H,4,8-9,15H2,1-3H3. The summed E-state index contributed by atoms with van der Waals surface area (Å²) in [5.41, 5.74) is 9.49. The molecule has 0 aromatic carbocycles. The molecule has 0 unspecified atom stereocenters. The van der Waals surface area contributed by atoms with E-state index in [-0.39, 0.29) is 0 Å². The molecule has 2 aromatic rings. The lowest BCUT2D eigenvalue weighted by Crippen LogP contribution is -2.09. The van der Waals surface area contributed by atoms with Crippen molar-refractivity contribution >= 4 is 0 Å². The molecule has 5 nitrogen and oxygen atoms in total. The average molecular weight is 260 g/mol. The highest BCUT2D eigenvalue weighted by Gasteiger charge is 2.08. The van der Waals surface area contributed by atoms with Crippen LogP contribution in [0.5, 0.6) is 5.75 Å². The van der Waals surface area contributed by atoms with Gasteiger partial charge in [0.25, 0.3) is 0 Å². The van der Waals surface area contributed by atoms with Gasteiger partial charge in [0.15, 0.2) is 0 Å². The molecule has 0 amide bonds. The zero-order chi connectivity index (χ0) is 13.8. The van der Waals surface area contributed by atoms with E-state index >= 15 is 0 Å². The minimum atomic E-state index is 0.378. The predicted octanol–water partition coefficient (Wildman–Crippen LogP) is 1.95. The third-order valence-corrected chi connectivity index (χ3v) is 2.93. The molecule has 19 heavy (non-hydrogen) atoms. The monoisotopic (exact) mass is 260 g/mol. The van der Waals surface area contributed by atoms with E-state index in [1.165, 1.54) is 0 Å². The van der Waals surface area contributed by atoms with Gasteiger partial charge >= 0.3 is 0 Å². The van der Waals surface area contributed by atoms with Crippen molar-refractivity contribution in [2.75, 3.05) is 0 Å². The lowest BCUT2D eigenvalue weighted by molar-refractivity contribution is 0.288. The number of rotatable bonds is 5. The van der Waals surface area contributed by atoms with Crippen LogP contribution in [0.15, 0.2) is 18.2 Å². The molecule has 0 spiro atoms. The number of nitrogens with zero attached hydrogens (tertiary/aromatic N) is 3. The SMILES string of the molecule is CCn1nc(C)cc1COc1ccc(C)nc1CN. The van der Waals surface area contributed by atoms with Gasteiger partial charge in [0.1, 0.15) is 12.4 Å².